The smallest absolute Gasteiger partial charge is 0.303 e. The summed E-state index contributed by atoms with van der Waals surface area (Å²) in [4.78, 5) is 10.7. The predicted octanol–water partition coefficient (Wildman–Crippen LogP) is 3.29. The van der Waals surface area contributed by atoms with Gasteiger partial charge in [0.05, 0.1) is 5.39 Å². The van der Waals surface area contributed by atoms with Crippen molar-refractivity contribution < 1.29 is 14.6 Å². The fourth-order valence-corrected chi connectivity index (χ4v) is 2.78. The van der Waals surface area contributed by atoms with Crippen LogP contribution in [0, 0.1) is 0 Å². The number of benzene rings is 2. The molecular formula is C18H17ClN3O2+. The highest BCUT2D eigenvalue weighted by Crippen LogP contribution is 2.28. The normalized spacial score (nSPS) is 10.9. The molecule has 5 nitrogen and oxygen atoms in total. The van der Waals surface area contributed by atoms with E-state index < -0.39 is 5.97 Å². The molecule has 122 valence electrons. The van der Waals surface area contributed by atoms with Crippen LogP contribution in [0.15, 0.2) is 48.5 Å². The number of anilines is 1. The zero-order chi connectivity index (χ0) is 17.1. The highest BCUT2D eigenvalue weighted by Gasteiger charge is 2.17. The van der Waals surface area contributed by atoms with Crippen LogP contribution in [-0.4, -0.2) is 16.2 Å². The molecule has 0 amide bonds. The van der Waals surface area contributed by atoms with Crippen LogP contribution in [0.4, 0.5) is 5.82 Å². The van der Waals surface area contributed by atoms with E-state index in [2.05, 4.69) is 5.10 Å². The first-order valence-corrected chi connectivity index (χ1v) is 8.00. The zero-order valence-electron chi connectivity index (χ0n) is 12.9. The number of carboxylic acids is 1. The molecule has 3 N–H and O–H groups in total. The number of halogens is 1. The maximum absolute atomic E-state index is 10.7. The number of aryl methyl sites for hydroxylation is 1. The summed E-state index contributed by atoms with van der Waals surface area (Å²) in [6.45, 7) is 0.448. The number of carbonyl (C=O) groups is 1. The molecule has 0 aliphatic rings. The molecule has 2 aromatic carbocycles. The van der Waals surface area contributed by atoms with Crippen LogP contribution in [-0.2, 0) is 11.3 Å². The monoisotopic (exact) mass is 342 g/mol. The van der Waals surface area contributed by atoms with Crippen molar-refractivity contribution in [3.05, 3.63) is 53.6 Å². The van der Waals surface area contributed by atoms with Crippen LogP contribution in [0.2, 0.25) is 5.02 Å². The van der Waals surface area contributed by atoms with E-state index in [1.807, 2.05) is 48.5 Å². The lowest BCUT2D eigenvalue weighted by Gasteiger charge is -2.09. The lowest BCUT2D eigenvalue weighted by atomic mass is 10.0. The van der Waals surface area contributed by atoms with E-state index in [4.69, 9.17) is 22.4 Å². The number of aliphatic carboxylic acids is 1. The topological polar surface area (TPSA) is 80.1 Å². The number of nitrogens with zero attached hydrogens (tertiary/aromatic N) is 2. The molecule has 0 fully saturated rings. The number of nitrogens with two attached hydrogens (primary N) is 1. The van der Waals surface area contributed by atoms with Crippen molar-refractivity contribution >= 4 is 34.2 Å². The summed E-state index contributed by atoms with van der Waals surface area (Å²) in [5.74, 6) is -0.290. The number of hydrogen-bond acceptors (Lipinski definition) is 3. The SMILES string of the molecule is Nc1c2ccccc2c(-c2ccc(Cl)cc2)n[n+]1CCCC(=O)O. The molecule has 24 heavy (non-hydrogen) atoms. The molecule has 6 heteroatoms. The van der Waals surface area contributed by atoms with E-state index in [9.17, 15) is 4.79 Å². The Morgan fingerprint density at radius 1 is 1.12 bits per heavy atom. The Hall–Kier alpha value is -2.66. The molecule has 0 spiro atoms. The molecule has 3 rings (SSSR count). The minimum Gasteiger partial charge on any atom is -0.481 e. The van der Waals surface area contributed by atoms with E-state index in [1.165, 1.54) is 0 Å². The minimum absolute atomic E-state index is 0.0806. The Balaban J connectivity index is 2.11. The summed E-state index contributed by atoms with van der Waals surface area (Å²) in [6, 6.07) is 15.2. The van der Waals surface area contributed by atoms with E-state index >= 15 is 0 Å². The molecule has 0 saturated heterocycles. The molecule has 0 saturated carbocycles. The molecule has 1 aromatic heterocycles. The fraction of sp³-hybridized carbons (Fsp3) is 0.167. The Bertz CT molecular complexity index is 895. The highest BCUT2D eigenvalue weighted by atomic mass is 35.5. The largest absolute Gasteiger partial charge is 0.481 e. The van der Waals surface area contributed by atoms with Crippen LogP contribution in [0.25, 0.3) is 22.0 Å². The molecule has 0 aliphatic carbocycles. The second-order valence-electron chi connectivity index (χ2n) is 5.51. The third-order valence-electron chi connectivity index (χ3n) is 3.84. The summed E-state index contributed by atoms with van der Waals surface area (Å²) in [7, 11) is 0. The van der Waals surface area contributed by atoms with Gasteiger partial charge in [-0.25, -0.2) is 0 Å². The van der Waals surface area contributed by atoms with Gasteiger partial charge in [-0.1, -0.05) is 47.0 Å². The standard InChI is InChI=1S/C18H16ClN3O2/c19-13-9-7-12(8-10-13)17-14-4-1-2-5-15(14)18(20)22(21-17)11-3-6-16(23)24/h1-2,4-5,7-10,20H,3,6,11H2,(H,23,24)/p+1. The van der Waals surface area contributed by atoms with Crippen LogP contribution in [0.3, 0.4) is 0 Å². The maximum atomic E-state index is 10.7. The molecule has 0 atom stereocenters. The van der Waals surface area contributed by atoms with Crippen molar-refractivity contribution in [1.29, 1.82) is 0 Å². The van der Waals surface area contributed by atoms with Gasteiger partial charge >= 0.3 is 11.8 Å². The van der Waals surface area contributed by atoms with Crippen molar-refractivity contribution in [2.75, 3.05) is 5.73 Å². The van der Waals surface area contributed by atoms with Gasteiger partial charge in [0.15, 0.2) is 0 Å². The van der Waals surface area contributed by atoms with Gasteiger partial charge in [0, 0.05) is 22.4 Å². The van der Waals surface area contributed by atoms with E-state index in [1.54, 1.807) is 4.68 Å². The van der Waals surface area contributed by atoms with Gasteiger partial charge in [-0.15, -0.1) is 4.68 Å². The first-order chi connectivity index (χ1) is 11.6. The summed E-state index contributed by atoms with van der Waals surface area (Å²) in [5.41, 5.74) is 7.97. The number of fused-ring (bicyclic) bond motifs is 1. The third kappa shape index (κ3) is 3.31. The van der Waals surface area contributed by atoms with Gasteiger partial charge in [-0.3, -0.25) is 10.5 Å². The molecule has 1 heterocycles. The van der Waals surface area contributed by atoms with Crippen LogP contribution in [0.1, 0.15) is 12.8 Å². The molecule has 3 aromatic rings. The Morgan fingerprint density at radius 2 is 1.79 bits per heavy atom. The van der Waals surface area contributed by atoms with Gasteiger partial charge in [-0.05, 0) is 24.6 Å². The second kappa shape index (κ2) is 6.84. The minimum atomic E-state index is -0.826. The summed E-state index contributed by atoms with van der Waals surface area (Å²) < 4.78 is 1.68. The van der Waals surface area contributed by atoms with Crippen molar-refractivity contribution in [3.63, 3.8) is 0 Å². The number of nitrogen functional groups attached to an aromatic ring is 1. The average Bonchev–Trinajstić information content (AvgIpc) is 2.58. The number of carboxylic acid groups (broad SMARTS) is 1. The molecule has 0 bridgehead atoms. The van der Waals surface area contributed by atoms with Crippen LogP contribution in [0.5, 0.6) is 0 Å². The predicted molar refractivity (Wildman–Crippen MR) is 93.7 cm³/mol. The van der Waals surface area contributed by atoms with Gasteiger partial charge in [0.1, 0.15) is 12.2 Å². The molecule has 0 unspecified atom stereocenters. The quantitative estimate of drug-likeness (QED) is 0.697. The number of aromatic nitrogens is 2. The first-order valence-electron chi connectivity index (χ1n) is 7.62. The Kier molecular flexibility index (Phi) is 4.62. The Morgan fingerprint density at radius 3 is 2.46 bits per heavy atom. The van der Waals surface area contributed by atoms with E-state index in [0.717, 1.165) is 22.0 Å². The highest BCUT2D eigenvalue weighted by molar-refractivity contribution is 6.30. The van der Waals surface area contributed by atoms with E-state index in [0.29, 0.717) is 23.8 Å². The first kappa shape index (κ1) is 16.2. The zero-order valence-corrected chi connectivity index (χ0v) is 13.7. The maximum Gasteiger partial charge on any atom is 0.303 e. The van der Waals surface area contributed by atoms with Gasteiger partial charge in [0.25, 0.3) is 0 Å². The second-order valence-corrected chi connectivity index (χ2v) is 5.94. The van der Waals surface area contributed by atoms with Crippen molar-refractivity contribution in [1.82, 2.24) is 5.10 Å². The average molecular weight is 343 g/mol. The summed E-state index contributed by atoms with van der Waals surface area (Å²) >= 11 is 5.97. The summed E-state index contributed by atoms with van der Waals surface area (Å²) in [5, 5.41) is 16.0. The molecular weight excluding hydrogens is 326 g/mol. The lowest BCUT2D eigenvalue weighted by Crippen LogP contribution is -2.42. The van der Waals surface area contributed by atoms with Gasteiger partial charge in [-0.2, -0.15) is 0 Å². The van der Waals surface area contributed by atoms with Crippen LogP contribution >= 0.6 is 11.6 Å². The van der Waals surface area contributed by atoms with Crippen molar-refractivity contribution in [2.45, 2.75) is 19.4 Å². The molecule has 0 radical (unpaired) electrons. The fourth-order valence-electron chi connectivity index (χ4n) is 2.65. The van der Waals surface area contributed by atoms with Gasteiger partial charge < -0.3 is 5.11 Å². The number of hydrogen-bond donors (Lipinski definition) is 2. The third-order valence-corrected chi connectivity index (χ3v) is 4.09. The number of rotatable bonds is 5. The van der Waals surface area contributed by atoms with Crippen molar-refractivity contribution in [3.8, 4) is 11.3 Å². The molecule has 0 aliphatic heterocycles. The van der Waals surface area contributed by atoms with Crippen LogP contribution < -0.4 is 10.4 Å². The lowest BCUT2D eigenvalue weighted by molar-refractivity contribution is -0.738. The Labute approximate surface area is 144 Å². The van der Waals surface area contributed by atoms with Gasteiger partial charge in [0.2, 0.25) is 0 Å². The summed E-state index contributed by atoms with van der Waals surface area (Å²) in [6.07, 6.45) is 0.548. The van der Waals surface area contributed by atoms with Crippen molar-refractivity contribution in [2.24, 2.45) is 0 Å². The van der Waals surface area contributed by atoms with E-state index in [-0.39, 0.29) is 6.42 Å².